The van der Waals surface area contributed by atoms with E-state index >= 15 is 0 Å². The second-order valence-corrected chi connectivity index (χ2v) is 2.77. The van der Waals surface area contributed by atoms with Crippen molar-refractivity contribution in [2.24, 2.45) is 0 Å². The van der Waals surface area contributed by atoms with Crippen LogP contribution in [0, 0.1) is 0 Å². The van der Waals surface area contributed by atoms with Gasteiger partial charge >= 0.3 is 0 Å². The van der Waals surface area contributed by atoms with Crippen LogP contribution in [0.3, 0.4) is 0 Å². The van der Waals surface area contributed by atoms with Crippen LogP contribution in [0.4, 0.5) is 0 Å². The monoisotopic (exact) mass is 133 g/mol. The highest BCUT2D eigenvalue weighted by atomic mass is 32.1. The Hall–Kier alpha value is 0.310. The molecule has 0 bridgehead atoms. The molecule has 50 valence electrons. The van der Waals surface area contributed by atoms with Crippen LogP contribution >= 0.6 is 12.6 Å². The molecule has 0 aliphatic carbocycles. The number of hydrogen-bond donors (Lipinski definition) is 1. The Kier molecular flexibility index (Phi) is 4.38. The Morgan fingerprint density at radius 3 is 2.12 bits per heavy atom. The third kappa shape index (κ3) is 3.33. The maximum atomic E-state index is 4.13. The van der Waals surface area contributed by atoms with Crippen LogP contribution in [0.25, 0.3) is 0 Å². The minimum absolute atomic E-state index is 0.674. The van der Waals surface area contributed by atoms with Gasteiger partial charge in [0.05, 0.1) is 0 Å². The SMILES string of the molecule is C[C@H](CCS)N(C)C. The predicted molar refractivity (Wildman–Crippen MR) is 41.6 cm³/mol. The maximum Gasteiger partial charge on any atom is 0.00686 e. The molecule has 0 spiro atoms. The zero-order chi connectivity index (χ0) is 6.57. The zero-order valence-electron chi connectivity index (χ0n) is 5.89. The first-order chi connectivity index (χ1) is 3.68. The zero-order valence-corrected chi connectivity index (χ0v) is 6.78. The minimum Gasteiger partial charge on any atom is -0.307 e. The van der Waals surface area contributed by atoms with Gasteiger partial charge in [-0.3, -0.25) is 0 Å². The predicted octanol–water partition coefficient (Wildman–Crippen LogP) is 1.26. The molecule has 1 nitrogen and oxygen atoms in total. The van der Waals surface area contributed by atoms with Crippen molar-refractivity contribution in [3.8, 4) is 0 Å². The van der Waals surface area contributed by atoms with Crippen LogP contribution in [0.2, 0.25) is 0 Å². The van der Waals surface area contributed by atoms with Crippen LogP contribution in [0.15, 0.2) is 0 Å². The van der Waals surface area contributed by atoms with Crippen molar-refractivity contribution >= 4 is 12.6 Å². The summed E-state index contributed by atoms with van der Waals surface area (Å²) in [6.07, 6.45) is 1.18. The van der Waals surface area contributed by atoms with Gasteiger partial charge in [0.15, 0.2) is 0 Å². The first kappa shape index (κ1) is 8.31. The van der Waals surface area contributed by atoms with E-state index in [1.165, 1.54) is 6.42 Å². The summed E-state index contributed by atoms with van der Waals surface area (Å²) in [4.78, 5) is 2.20. The third-order valence-corrected chi connectivity index (χ3v) is 1.69. The van der Waals surface area contributed by atoms with E-state index in [4.69, 9.17) is 0 Å². The van der Waals surface area contributed by atoms with Crippen molar-refractivity contribution in [2.75, 3.05) is 19.8 Å². The first-order valence-corrected chi connectivity index (χ1v) is 3.59. The van der Waals surface area contributed by atoms with Gasteiger partial charge in [-0.1, -0.05) is 0 Å². The molecular weight excluding hydrogens is 118 g/mol. The summed E-state index contributed by atoms with van der Waals surface area (Å²) < 4.78 is 0. The standard InChI is InChI=1S/C6H15NS/c1-6(4-5-8)7(2)3/h6,8H,4-5H2,1-3H3/t6-/m1/s1. The third-order valence-electron chi connectivity index (χ3n) is 1.43. The second-order valence-electron chi connectivity index (χ2n) is 2.32. The Labute approximate surface area is 57.5 Å². The van der Waals surface area contributed by atoms with Crippen LogP contribution < -0.4 is 0 Å². The molecule has 0 aliphatic rings. The molecule has 0 radical (unpaired) electrons. The molecule has 0 aromatic carbocycles. The number of thiol groups is 1. The molecule has 0 aromatic heterocycles. The van der Waals surface area contributed by atoms with Gasteiger partial charge in [-0.25, -0.2) is 0 Å². The Morgan fingerprint density at radius 2 is 2.00 bits per heavy atom. The molecule has 0 unspecified atom stereocenters. The van der Waals surface area contributed by atoms with Gasteiger partial charge in [-0.05, 0) is 33.2 Å². The lowest BCUT2D eigenvalue weighted by molar-refractivity contribution is 0.308. The van der Waals surface area contributed by atoms with E-state index in [1.54, 1.807) is 0 Å². The molecule has 1 atom stereocenters. The van der Waals surface area contributed by atoms with Gasteiger partial charge in [0.25, 0.3) is 0 Å². The molecule has 0 aromatic rings. The largest absolute Gasteiger partial charge is 0.307 e. The molecule has 2 heteroatoms. The van der Waals surface area contributed by atoms with E-state index in [9.17, 15) is 0 Å². The van der Waals surface area contributed by atoms with Crippen molar-refractivity contribution in [3.63, 3.8) is 0 Å². The molecule has 0 saturated heterocycles. The Bertz CT molecular complexity index is 54.5. The normalized spacial score (nSPS) is 14.6. The highest BCUT2D eigenvalue weighted by Gasteiger charge is 2.00. The molecule has 0 heterocycles. The van der Waals surface area contributed by atoms with Crippen molar-refractivity contribution in [3.05, 3.63) is 0 Å². The smallest absolute Gasteiger partial charge is 0.00686 e. The van der Waals surface area contributed by atoms with E-state index in [0.29, 0.717) is 6.04 Å². The van der Waals surface area contributed by atoms with Crippen molar-refractivity contribution in [1.82, 2.24) is 4.90 Å². The van der Waals surface area contributed by atoms with E-state index < -0.39 is 0 Å². The fraction of sp³-hybridized carbons (Fsp3) is 1.00. The van der Waals surface area contributed by atoms with Gasteiger partial charge in [-0.15, -0.1) is 0 Å². The summed E-state index contributed by atoms with van der Waals surface area (Å²) in [5, 5.41) is 0. The summed E-state index contributed by atoms with van der Waals surface area (Å²) >= 11 is 4.13. The van der Waals surface area contributed by atoms with Crippen molar-refractivity contribution in [1.29, 1.82) is 0 Å². The molecular formula is C6H15NS. The summed E-state index contributed by atoms with van der Waals surface area (Å²) in [7, 11) is 4.18. The van der Waals surface area contributed by atoms with Crippen LogP contribution in [0.1, 0.15) is 13.3 Å². The van der Waals surface area contributed by atoms with E-state index in [0.717, 1.165) is 5.75 Å². The van der Waals surface area contributed by atoms with Crippen LogP contribution in [-0.4, -0.2) is 30.8 Å². The lowest BCUT2D eigenvalue weighted by Gasteiger charge is -2.17. The van der Waals surface area contributed by atoms with Crippen LogP contribution in [-0.2, 0) is 0 Å². The number of rotatable bonds is 3. The average Bonchev–Trinajstić information content (AvgIpc) is 1.67. The van der Waals surface area contributed by atoms with Crippen LogP contribution in [0.5, 0.6) is 0 Å². The highest BCUT2D eigenvalue weighted by Crippen LogP contribution is 1.97. The lowest BCUT2D eigenvalue weighted by Crippen LogP contribution is -2.24. The molecule has 8 heavy (non-hydrogen) atoms. The maximum absolute atomic E-state index is 4.13. The quantitative estimate of drug-likeness (QED) is 0.567. The first-order valence-electron chi connectivity index (χ1n) is 2.95. The fourth-order valence-electron chi connectivity index (χ4n) is 0.445. The van der Waals surface area contributed by atoms with Crippen molar-refractivity contribution < 1.29 is 0 Å². The van der Waals surface area contributed by atoms with E-state index in [2.05, 4.69) is 38.5 Å². The summed E-state index contributed by atoms with van der Waals surface area (Å²) in [5.41, 5.74) is 0. The lowest BCUT2D eigenvalue weighted by atomic mass is 10.2. The summed E-state index contributed by atoms with van der Waals surface area (Å²) in [6, 6.07) is 0.674. The molecule has 0 saturated carbocycles. The molecule has 0 aliphatic heterocycles. The van der Waals surface area contributed by atoms with E-state index in [-0.39, 0.29) is 0 Å². The molecule has 0 fully saturated rings. The van der Waals surface area contributed by atoms with Crippen molar-refractivity contribution in [2.45, 2.75) is 19.4 Å². The molecule has 0 amide bonds. The fourth-order valence-corrected chi connectivity index (χ4v) is 0.819. The highest BCUT2D eigenvalue weighted by molar-refractivity contribution is 7.80. The van der Waals surface area contributed by atoms with Gasteiger partial charge in [0.1, 0.15) is 0 Å². The number of hydrogen-bond acceptors (Lipinski definition) is 2. The average molecular weight is 133 g/mol. The summed E-state index contributed by atoms with van der Waals surface area (Å²) in [5.74, 6) is 0.985. The number of nitrogens with zero attached hydrogens (tertiary/aromatic N) is 1. The van der Waals surface area contributed by atoms with Gasteiger partial charge in [-0.2, -0.15) is 12.6 Å². The topological polar surface area (TPSA) is 3.24 Å². The van der Waals surface area contributed by atoms with Gasteiger partial charge < -0.3 is 4.90 Å². The Balaban J connectivity index is 3.17. The Morgan fingerprint density at radius 1 is 1.50 bits per heavy atom. The van der Waals surface area contributed by atoms with Gasteiger partial charge in [0, 0.05) is 6.04 Å². The molecule has 0 rings (SSSR count). The minimum atomic E-state index is 0.674. The van der Waals surface area contributed by atoms with E-state index in [1.807, 2.05) is 0 Å². The molecule has 0 N–H and O–H groups in total. The second kappa shape index (κ2) is 4.21. The van der Waals surface area contributed by atoms with Gasteiger partial charge in [0.2, 0.25) is 0 Å². The summed E-state index contributed by atoms with van der Waals surface area (Å²) in [6.45, 7) is 2.20.